The summed E-state index contributed by atoms with van der Waals surface area (Å²) in [6.07, 6.45) is 0.760. The average molecular weight is 420 g/mol. The maximum atomic E-state index is 13.1. The fourth-order valence-corrected chi connectivity index (χ4v) is 3.30. The summed E-state index contributed by atoms with van der Waals surface area (Å²) in [7, 11) is 0. The zero-order valence-corrected chi connectivity index (χ0v) is 16.6. The number of amides is 2. The lowest BCUT2D eigenvalue weighted by Crippen LogP contribution is -2.41. The van der Waals surface area contributed by atoms with Crippen molar-refractivity contribution in [3.63, 3.8) is 0 Å². The molecule has 0 saturated carbocycles. The molecule has 0 spiro atoms. The molecule has 0 radical (unpaired) electrons. The van der Waals surface area contributed by atoms with E-state index in [0.717, 1.165) is 31.3 Å². The second kappa shape index (κ2) is 10.3. The lowest BCUT2D eigenvalue weighted by atomic mass is 10.1. The lowest BCUT2D eigenvalue weighted by Gasteiger charge is -2.33. The van der Waals surface area contributed by atoms with Crippen LogP contribution < -0.4 is 10.6 Å². The van der Waals surface area contributed by atoms with Crippen LogP contribution in [-0.2, 0) is 14.3 Å². The molecule has 8 heteroatoms. The largest absolute Gasteiger partial charge is 0.371 e. The molecule has 1 aliphatic rings. The normalized spacial score (nSPS) is 17.0. The Balaban J connectivity index is 1.37. The number of rotatable bonds is 6. The molecule has 2 amide bonds. The van der Waals surface area contributed by atoms with Crippen molar-refractivity contribution < 1.29 is 18.7 Å². The maximum Gasteiger partial charge on any atom is 0.313 e. The van der Waals surface area contributed by atoms with Gasteiger partial charge in [-0.15, -0.1) is 0 Å². The third-order valence-electron chi connectivity index (χ3n) is 4.64. The van der Waals surface area contributed by atoms with E-state index in [0.29, 0.717) is 19.6 Å². The van der Waals surface area contributed by atoms with E-state index >= 15 is 0 Å². The van der Waals surface area contributed by atoms with E-state index in [1.165, 1.54) is 12.1 Å². The molecule has 0 aromatic heterocycles. The highest BCUT2D eigenvalue weighted by atomic mass is 35.5. The van der Waals surface area contributed by atoms with Crippen LogP contribution >= 0.6 is 11.6 Å². The Bertz CT molecular complexity index is 850. The second-order valence-corrected chi connectivity index (χ2v) is 7.17. The molecule has 2 aromatic rings. The number of morpholine rings is 1. The zero-order valence-electron chi connectivity index (χ0n) is 15.9. The molecule has 1 atom stereocenters. The Hall–Kier alpha value is -2.48. The first-order valence-electron chi connectivity index (χ1n) is 9.46. The number of benzene rings is 2. The Kier molecular flexibility index (Phi) is 7.57. The third kappa shape index (κ3) is 6.25. The lowest BCUT2D eigenvalue weighted by molar-refractivity contribution is -0.136. The van der Waals surface area contributed by atoms with Gasteiger partial charge >= 0.3 is 11.8 Å². The van der Waals surface area contributed by atoms with Gasteiger partial charge < -0.3 is 15.4 Å². The first-order valence-corrected chi connectivity index (χ1v) is 9.84. The monoisotopic (exact) mass is 419 g/mol. The summed E-state index contributed by atoms with van der Waals surface area (Å²) in [6.45, 7) is 3.47. The van der Waals surface area contributed by atoms with Crippen LogP contribution in [0.3, 0.4) is 0 Å². The molecular formula is C21H23ClFN3O3. The second-order valence-electron chi connectivity index (χ2n) is 6.76. The SMILES string of the molecule is O=C(NCCCN1CCO[C@@H](c2ccccc2)C1)C(=O)Nc1ccc(F)c(Cl)c1. The van der Waals surface area contributed by atoms with Crippen molar-refractivity contribution in [2.45, 2.75) is 12.5 Å². The van der Waals surface area contributed by atoms with E-state index in [1.54, 1.807) is 0 Å². The first-order chi connectivity index (χ1) is 14.0. The summed E-state index contributed by atoms with van der Waals surface area (Å²) in [5, 5.41) is 4.87. The van der Waals surface area contributed by atoms with Crippen LogP contribution in [0.5, 0.6) is 0 Å². The van der Waals surface area contributed by atoms with E-state index in [-0.39, 0.29) is 16.8 Å². The van der Waals surface area contributed by atoms with Crippen molar-refractivity contribution in [3.8, 4) is 0 Å². The zero-order chi connectivity index (χ0) is 20.6. The molecule has 1 aliphatic heterocycles. The Morgan fingerprint density at radius 1 is 1.17 bits per heavy atom. The average Bonchev–Trinajstić information content (AvgIpc) is 2.74. The van der Waals surface area contributed by atoms with Gasteiger partial charge in [-0.05, 0) is 30.2 Å². The molecule has 29 heavy (non-hydrogen) atoms. The quantitative estimate of drug-likeness (QED) is 0.558. The highest BCUT2D eigenvalue weighted by Crippen LogP contribution is 2.22. The molecule has 1 saturated heterocycles. The molecule has 0 bridgehead atoms. The third-order valence-corrected chi connectivity index (χ3v) is 4.93. The molecule has 6 nitrogen and oxygen atoms in total. The standard InChI is InChI=1S/C21H23ClFN3O3/c22-17-13-16(7-8-18(17)23)25-21(28)20(27)24-9-4-10-26-11-12-29-19(14-26)15-5-2-1-3-6-15/h1-3,5-8,13,19H,4,9-12,14H2,(H,24,27)(H,25,28)/t19-/m1/s1. The van der Waals surface area contributed by atoms with Gasteiger partial charge in [0.15, 0.2) is 0 Å². The van der Waals surface area contributed by atoms with Crippen molar-refractivity contribution in [2.24, 2.45) is 0 Å². The Morgan fingerprint density at radius 2 is 1.97 bits per heavy atom. The van der Waals surface area contributed by atoms with Gasteiger partial charge in [0.05, 0.1) is 17.7 Å². The van der Waals surface area contributed by atoms with Crippen LogP contribution in [0.15, 0.2) is 48.5 Å². The number of carbonyl (C=O) groups excluding carboxylic acids is 2. The molecule has 1 fully saturated rings. The molecular weight excluding hydrogens is 397 g/mol. The maximum absolute atomic E-state index is 13.1. The van der Waals surface area contributed by atoms with Crippen molar-refractivity contribution in [1.82, 2.24) is 10.2 Å². The van der Waals surface area contributed by atoms with E-state index in [1.807, 2.05) is 18.2 Å². The van der Waals surface area contributed by atoms with Gasteiger partial charge in [-0.1, -0.05) is 41.9 Å². The van der Waals surface area contributed by atoms with Gasteiger partial charge in [-0.3, -0.25) is 14.5 Å². The number of hydrogen-bond donors (Lipinski definition) is 2. The Labute approximate surface area is 174 Å². The number of nitrogens with zero attached hydrogens (tertiary/aromatic N) is 1. The van der Waals surface area contributed by atoms with Gasteiger partial charge in [0, 0.05) is 31.9 Å². The minimum Gasteiger partial charge on any atom is -0.371 e. The number of nitrogens with one attached hydrogen (secondary N) is 2. The smallest absolute Gasteiger partial charge is 0.313 e. The summed E-state index contributed by atoms with van der Waals surface area (Å²) < 4.78 is 19.0. The predicted molar refractivity (Wildman–Crippen MR) is 109 cm³/mol. The summed E-state index contributed by atoms with van der Waals surface area (Å²) in [4.78, 5) is 26.1. The van der Waals surface area contributed by atoms with Crippen molar-refractivity contribution in [2.75, 3.05) is 38.1 Å². The molecule has 3 rings (SSSR count). The van der Waals surface area contributed by atoms with Crippen molar-refractivity contribution in [3.05, 3.63) is 64.9 Å². The van der Waals surface area contributed by atoms with Crippen LogP contribution in [0.25, 0.3) is 0 Å². The first kappa shape index (κ1) is 21.2. The summed E-state index contributed by atoms with van der Waals surface area (Å²) in [5.41, 5.74) is 1.42. The molecule has 2 N–H and O–H groups in total. The highest BCUT2D eigenvalue weighted by molar-refractivity contribution is 6.39. The van der Waals surface area contributed by atoms with E-state index in [4.69, 9.17) is 16.3 Å². The van der Waals surface area contributed by atoms with E-state index < -0.39 is 17.6 Å². The van der Waals surface area contributed by atoms with Crippen LogP contribution in [0.2, 0.25) is 5.02 Å². The Morgan fingerprint density at radius 3 is 2.72 bits per heavy atom. The summed E-state index contributed by atoms with van der Waals surface area (Å²) in [5.74, 6) is -2.15. The van der Waals surface area contributed by atoms with Crippen molar-refractivity contribution >= 4 is 29.1 Å². The van der Waals surface area contributed by atoms with Crippen LogP contribution in [-0.4, -0.2) is 49.5 Å². The number of carbonyl (C=O) groups is 2. The van der Waals surface area contributed by atoms with Crippen molar-refractivity contribution in [1.29, 1.82) is 0 Å². The van der Waals surface area contributed by atoms with E-state index in [2.05, 4.69) is 27.7 Å². The minimum absolute atomic E-state index is 0.0489. The fraction of sp³-hybridized carbons (Fsp3) is 0.333. The molecule has 0 aliphatic carbocycles. The summed E-state index contributed by atoms with van der Waals surface area (Å²) >= 11 is 5.66. The molecule has 1 heterocycles. The summed E-state index contributed by atoms with van der Waals surface area (Å²) in [6, 6.07) is 13.8. The number of hydrogen-bond acceptors (Lipinski definition) is 4. The highest BCUT2D eigenvalue weighted by Gasteiger charge is 2.21. The topological polar surface area (TPSA) is 70.7 Å². The predicted octanol–water partition coefficient (Wildman–Crippen LogP) is 3.00. The van der Waals surface area contributed by atoms with Gasteiger partial charge in [-0.25, -0.2) is 4.39 Å². The number of halogens is 2. The van der Waals surface area contributed by atoms with Gasteiger partial charge in [0.25, 0.3) is 0 Å². The van der Waals surface area contributed by atoms with Gasteiger partial charge in [0.1, 0.15) is 5.82 Å². The fourth-order valence-electron chi connectivity index (χ4n) is 3.12. The van der Waals surface area contributed by atoms with Crippen LogP contribution in [0.4, 0.5) is 10.1 Å². The number of anilines is 1. The molecule has 154 valence electrons. The van der Waals surface area contributed by atoms with Crippen LogP contribution in [0, 0.1) is 5.82 Å². The molecule has 2 aromatic carbocycles. The van der Waals surface area contributed by atoms with Gasteiger partial charge in [0.2, 0.25) is 0 Å². The minimum atomic E-state index is -0.816. The van der Waals surface area contributed by atoms with E-state index in [9.17, 15) is 14.0 Å². The van der Waals surface area contributed by atoms with Gasteiger partial charge in [-0.2, -0.15) is 0 Å². The number of ether oxygens (including phenoxy) is 1. The van der Waals surface area contributed by atoms with Crippen LogP contribution in [0.1, 0.15) is 18.1 Å². The molecule has 0 unspecified atom stereocenters.